The molecular weight excluding hydrogens is 290 g/mol. The van der Waals surface area contributed by atoms with Gasteiger partial charge in [-0.3, -0.25) is 0 Å². The van der Waals surface area contributed by atoms with Crippen LogP contribution in [0.25, 0.3) is 0 Å². The minimum Gasteiger partial charge on any atom is -0.250 e. The molecule has 0 atom stereocenters. The Labute approximate surface area is 117 Å². The van der Waals surface area contributed by atoms with Crippen molar-refractivity contribution >= 4 is 46.2 Å². The topological polar surface area (TPSA) is 38.7 Å². The average Bonchev–Trinajstić information content (AvgIpc) is 2.90. The molecule has 0 aliphatic heterocycles. The molecule has 0 saturated carbocycles. The molecule has 2 rings (SSSR count). The van der Waals surface area contributed by atoms with Gasteiger partial charge in [-0.2, -0.15) is 0 Å². The molecule has 0 spiro atoms. The van der Waals surface area contributed by atoms with Crippen LogP contribution in [0.4, 0.5) is 0 Å². The molecule has 0 aliphatic rings. The molecule has 92 valence electrons. The van der Waals surface area contributed by atoms with Crippen LogP contribution in [-0.2, 0) is 6.42 Å². The molecule has 7 heteroatoms. The summed E-state index contributed by atoms with van der Waals surface area (Å²) in [6, 6.07) is 0. The fourth-order valence-corrected chi connectivity index (χ4v) is 5.09. The van der Waals surface area contributed by atoms with Gasteiger partial charge in [0, 0.05) is 10.6 Å². The second-order valence-corrected chi connectivity index (χ2v) is 8.00. The molecule has 0 radical (unpaired) electrons. The van der Waals surface area contributed by atoms with Gasteiger partial charge in [0.2, 0.25) is 0 Å². The van der Waals surface area contributed by atoms with Crippen molar-refractivity contribution in [2.75, 3.05) is 11.5 Å². The van der Waals surface area contributed by atoms with Gasteiger partial charge in [0.15, 0.2) is 8.68 Å². The van der Waals surface area contributed by atoms with Crippen LogP contribution in [0.15, 0.2) is 14.2 Å². The number of aryl methyl sites for hydroxylation is 2. The number of nitrogens with zero attached hydrogens (tertiary/aromatic N) is 3. The average molecular weight is 304 g/mol. The largest absolute Gasteiger partial charge is 0.250 e. The Morgan fingerprint density at radius 2 is 2.00 bits per heavy atom. The molecule has 0 aromatic carbocycles. The van der Waals surface area contributed by atoms with Crippen LogP contribution >= 0.6 is 46.2 Å². The highest BCUT2D eigenvalue weighted by Crippen LogP contribution is 2.29. The van der Waals surface area contributed by atoms with E-state index < -0.39 is 0 Å². The van der Waals surface area contributed by atoms with E-state index >= 15 is 0 Å². The first-order valence-corrected chi connectivity index (χ1v) is 8.94. The molecule has 0 N–H and O–H groups in total. The van der Waals surface area contributed by atoms with E-state index in [4.69, 9.17) is 0 Å². The fourth-order valence-electron chi connectivity index (χ4n) is 1.23. The van der Waals surface area contributed by atoms with Gasteiger partial charge in [-0.1, -0.05) is 41.8 Å². The summed E-state index contributed by atoms with van der Waals surface area (Å²) in [5.74, 6) is 2.10. The van der Waals surface area contributed by atoms with Crippen LogP contribution in [0, 0.1) is 6.92 Å². The van der Waals surface area contributed by atoms with Crippen LogP contribution < -0.4 is 0 Å². The summed E-state index contributed by atoms with van der Waals surface area (Å²) in [7, 11) is 0. The van der Waals surface area contributed by atoms with E-state index in [1.165, 1.54) is 4.88 Å². The lowest BCUT2D eigenvalue weighted by Gasteiger charge is -1.96. The van der Waals surface area contributed by atoms with Crippen molar-refractivity contribution < 1.29 is 0 Å². The van der Waals surface area contributed by atoms with Crippen molar-refractivity contribution in [3.05, 3.63) is 16.1 Å². The number of thioether (sulfide) groups is 2. The summed E-state index contributed by atoms with van der Waals surface area (Å²) < 4.78 is 2.15. The van der Waals surface area contributed by atoms with Gasteiger partial charge in [0.1, 0.15) is 0 Å². The number of aromatic nitrogens is 3. The Bertz CT molecular complexity index is 466. The molecule has 17 heavy (non-hydrogen) atoms. The maximum Gasteiger partial charge on any atom is 0.175 e. The van der Waals surface area contributed by atoms with Crippen molar-refractivity contribution in [1.82, 2.24) is 15.2 Å². The lowest BCUT2D eigenvalue weighted by Crippen LogP contribution is -1.87. The van der Waals surface area contributed by atoms with E-state index in [1.807, 2.05) is 5.51 Å². The summed E-state index contributed by atoms with van der Waals surface area (Å²) >= 11 is 6.97. The monoisotopic (exact) mass is 303 g/mol. The van der Waals surface area contributed by atoms with Gasteiger partial charge in [-0.15, -0.1) is 21.5 Å². The third-order valence-electron chi connectivity index (χ3n) is 2.06. The first-order valence-electron chi connectivity index (χ1n) is 5.27. The lowest BCUT2D eigenvalue weighted by atomic mass is 10.3. The molecule has 3 nitrogen and oxygen atoms in total. The van der Waals surface area contributed by atoms with Crippen molar-refractivity contribution in [3.8, 4) is 0 Å². The van der Waals surface area contributed by atoms with Crippen molar-refractivity contribution in [2.45, 2.75) is 28.9 Å². The molecule has 2 aromatic rings. The van der Waals surface area contributed by atoms with Gasteiger partial charge in [-0.05, 0) is 19.1 Å². The van der Waals surface area contributed by atoms with Gasteiger partial charge in [0.05, 0.1) is 11.2 Å². The van der Waals surface area contributed by atoms with E-state index in [2.05, 4.69) is 29.0 Å². The molecule has 2 heterocycles. The molecule has 0 unspecified atom stereocenters. The van der Waals surface area contributed by atoms with Crippen molar-refractivity contribution in [3.63, 3.8) is 0 Å². The van der Waals surface area contributed by atoms with Crippen molar-refractivity contribution in [1.29, 1.82) is 0 Å². The summed E-state index contributed by atoms with van der Waals surface area (Å²) in [5, 5.41) is 8.31. The third-order valence-corrected chi connectivity index (χ3v) is 6.12. The van der Waals surface area contributed by atoms with Crippen LogP contribution in [0.1, 0.15) is 17.5 Å². The first kappa shape index (κ1) is 13.3. The van der Waals surface area contributed by atoms with E-state index in [9.17, 15) is 0 Å². The molecule has 0 amide bonds. The van der Waals surface area contributed by atoms with Crippen LogP contribution in [0.5, 0.6) is 0 Å². The van der Waals surface area contributed by atoms with E-state index in [0.717, 1.165) is 32.3 Å². The highest BCUT2D eigenvalue weighted by Gasteiger charge is 2.06. The predicted octanol–water partition coefficient (Wildman–Crippen LogP) is 3.75. The van der Waals surface area contributed by atoms with Gasteiger partial charge < -0.3 is 0 Å². The van der Waals surface area contributed by atoms with Crippen molar-refractivity contribution in [2.24, 2.45) is 0 Å². The summed E-state index contributed by atoms with van der Waals surface area (Å²) in [6.45, 7) is 4.20. The molecule has 0 fully saturated rings. The Hall–Kier alpha value is -0.110. The predicted molar refractivity (Wildman–Crippen MR) is 77.6 cm³/mol. The maximum absolute atomic E-state index is 4.25. The second-order valence-electron chi connectivity index (χ2n) is 3.23. The molecule has 0 saturated heterocycles. The maximum atomic E-state index is 4.25. The van der Waals surface area contributed by atoms with Crippen LogP contribution in [-0.4, -0.2) is 26.7 Å². The standard InChI is InChI=1S/C10H13N3S4/c1-3-14-9-12-13-10(17-9)15-5-4-8-7(2)11-6-16-8/h6H,3-5H2,1-2H3. The minimum atomic E-state index is 1.05. The second kappa shape index (κ2) is 6.72. The molecule has 0 aliphatic carbocycles. The quantitative estimate of drug-likeness (QED) is 0.760. The Morgan fingerprint density at radius 3 is 2.65 bits per heavy atom. The first-order chi connectivity index (χ1) is 8.29. The van der Waals surface area contributed by atoms with E-state index in [0.29, 0.717) is 0 Å². The number of hydrogen-bond donors (Lipinski definition) is 0. The van der Waals surface area contributed by atoms with Gasteiger partial charge in [0.25, 0.3) is 0 Å². The van der Waals surface area contributed by atoms with E-state index in [1.54, 1.807) is 46.2 Å². The van der Waals surface area contributed by atoms with Crippen LogP contribution in [0.3, 0.4) is 0 Å². The smallest absolute Gasteiger partial charge is 0.175 e. The Morgan fingerprint density at radius 1 is 1.24 bits per heavy atom. The van der Waals surface area contributed by atoms with Gasteiger partial charge >= 0.3 is 0 Å². The highest BCUT2D eigenvalue weighted by atomic mass is 32.2. The van der Waals surface area contributed by atoms with Crippen LogP contribution in [0.2, 0.25) is 0 Å². The minimum absolute atomic E-state index is 1.05. The van der Waals surface area contributed by atoms with E-state index in [-0.39, 0.29) is 0 Å². The molecule has 0 bridgehead atoms. The zero-order valence-electron chi connectivity index (χ0n) is 9.67. The summed E-state index contributed by atoms with van der Waals surface area (Å²) in [4.78, 5) is 5.63. The van der Waals surface area contributed by atoms with Gasteiger partial charge in [-0.25, -0.2) is 4.98 Å². The lowest BCUT2D eigenvalue weighted by molar-refractivity contribution is 0.954. The Balaban J connectivity index is 1.80. The fraction of sp³-hybridized carbons (Fsp3) is 0.500. The molecule has 2 aromatic heterocycles. The highest BCUT2D eigenvalue weighted by molar-refractivity contribution is 8.03. The summed E-state index contributed by atoms with van der Waals surface area (Å²) in [6.07, 6.45) is 1.07. The normalized spacial score (nSPS) is 10.9. The number of rotatable bonds is 6. The summed E-state index contributed by atoms with van der Waals surface area (Å²) in [5.41, 5.74) is 3.08. The zero-order chi connectivity index (χ0) is 12.1. The number of hydrogen-bond acceptors (Lipinski definition) is 7. The molecular formula is C10H13N3S4. The SMILES string of the molecule is CCSc1nnc(SCCc2scnc2C)s1. The Kier molecular flexibility index (Phi) is 5.27. The zero-order valence-corrected chi connectivity index (χ0v) is 12.9. The number of thiazole rings is 1. The third kappa shape index (κ3) is 3.94.